The van der Waals surface area contributed by atoms with Crippen molar-refractivity contribution in [2.75, 3.05) is 18.1 Å². The molecular formula is C13H17NO6S2. The normalized spacial score (nSPS) is 17.9. The Morgan fingerprint density at radius 2 is 1.68 bits per heavy atom. The number of aliphatic carboxylic acids is 1. The van der Waals surface area contributed by atoms with E-state index in [-0.39, 0.29) is 40.5 Å². The molecule has 0 aliphatic carbocycles. The van der Waals surface area contributed by atoms with Gasteiger partial charge in [-0.15, -0.1) is 0 Å². The second-order valence-electron chi connectivity index (χ2n) is 4.87. The number of carboxylic acid groups (broad SMARTS) is 1. The Bertz CT molecular complexity index is 489. The molecule has 7 nitrogen and oxygen atoms in total. The lowest BCUT2D eigenvalue weighted by atomic mass is 10.1. The summed E-state index contributed by atoms with van der Waals surface area (Å²) in [5.41, 5.74) is 0. The molecule has 0 spiro atoms. The zero-order valence-corrected chi connectivity index (χ0v) is 13.9. The summed E-state index contributed by atoms with van der Waals surface area (Å²) < 4.78 is 0. The number of carboxylic acids is 1. The number of carbonyl (C=O) groups is 5. The third-order valence-corrected chi connectivity index (χ3v) is 4.99. The average Bonchev–Trinajstić information content (AvgIpc) is 2.80. The van der Waals surface area contributed by atoms with Gasteiger partial charge in [-0.05, 0) is 0 Å². The molecule has 122 valence electrons. The molecule has 1 aliphatic heterocycles. The number of ketones is 1. The maximum Gasteiger partial charge on any atom is 0.326 e. The Labute approximate surface area is 136 Å². The molecule has 0 unspecified atom stereocenters. The van der Waals surface area contributed by atoms with Crippen molar-refractivity contribution >= 4 is 51.4 Å². The first-order valence-electron chi connectivity index (χ1n) is 6.54. The molecule has 1 saturated heterocycles. The first-order valence-corrected chi connectivity index (χ1v) is 8.51. The van der Waals surface area contributed by atoms with Gasteiger partial charge in [0.05, 0.1) is 12.5 Å². The van der Waals surface area contributed by atoms with Crippen LogP contribution in [-0.4, -0.2) is 62.0 Å². The number of carbonyl (C=O) groups excluding carboxylic acids is 4. The molecule has 1 rings (SSSR count). The Balaban J connectivity index is 2.83. The molecule has 1 amide bonds. The summed E-state index contributed by atoms with van der Waals surface area (Å²) in [5.74, 6) is -2.40. The highest BCUT2D eigenvalue weighted by atomic mass is 32.2. The van der Waals surface area contributed by atoms with E-state index in [2.05, 4.69) is 0 Å². The van der Waals surface area contributed by atoms with Gasteiger partial charge in [0.15, 0.2) is 16.0 Å². The highest BCUT2D eigenvalue weighted by Crippen LogP contribution is 2.23. The van der Waals surface area contributed by atoms with Gasteiger partial charge >= 0.3 is 5.97 Å². The fraction of sp³-hybridized carbons (Fsp3) is 0.615. The Morgan fingerprint density at radius 1 is 1.18 bits per heavy atom. The largest absolute Gasteiger partial charge is 0.480 e. The van der Waals surface area contributed by atoms with Crippen LogP contribution in [0.3, 0.4) is 0 Å². The minimum Gasteiger partial charge on any atom is -0.480 e. The van der Waals surface area contributed by atoms with Crippen LogP contribution in [-0.2, 0) is 24.0 Å². The lowest BCUT2D eigenvalue weighted by molar-refractivity contribution is -0.149. The second kappa shape index (κ2) is 8.33. The molecule has 22 heavy (non-hydrogen) atoms. The molecule has 0 radical (unpaired) electrons. The van der Waals surface area contributed by atoms with E-state index in [1.165, 1.54) is 13.8 Å². The molecule has 0 saturated carbocycles. The van der Waals surface area contributed by atoms with Crippen molar-refractivity contribution in [2.45, 2.75) is 26.3 Å². The fourth-order valence-electron chi connectivity index (χ4n) is 2.00. The minimum absolute atomic E-state index is 0.158. The van der Waals surface area contributed by atoms with Crippen molar-refractivity contribution in [3.05, 3.63) is 0 Å². The zero-order valence-electron chi connectivity index (χ0n) is 12.2. The van der Waals surface area contributed by atoms with E-state index in [9.17, 15) is 24.0 Å². The molecule has 1 atom stereocenters. The lowest BCUT2D eigenvalue weighted by Crippen LogP contribution is -2.45. The summed E-state index contributed by atoms with van der Waals surface area (Å²) in [5, 5.41) is 8.77. The van der Waals surface area contributed by atoms with Crippen LogP contribution in [0.5, 0.6) is 0 Å². The van der Waals surface area contributed by atoms with Crippen LogP contribution >= 0.6 is 23.5 Å². The molecule has 1 heterocycles. The van der Waals surface area contributed by atoms with E-state index in [1.54, 1.807) is 0 Å². The predicted octanol–water partition coefficient (Wildman–Crippen LogP) is 0.417. The summed E-state index contributed by atoms with van der Waals surface area (Å²) in [6, 6.07) is -1.16. The van der Waals surface area contributed by atoms with Crippen molar-refractivity contribution in [1.82, 2.24) is 4.90 Å². The molecule has 1 aliphatic rings. The highest BCUT2D eigenvalue weighted by Gasteiger charge is 2.41. The third kappa shape index (κ3) is 5.45. The molecule has 0 aromatic carbocycles. The van der Waals surface area contributed by atoms with E-state index >= 15 is 0 Å². The van der Waals surface area contributed by atoms with Crippen LogP contribution in [0.15, 0.2) is 0 Å². The molecule has 0 aromatic heterocycles. The number of rotatable bonds is 6. The number of amides is 1. The Hall–Kier alpha value is -1.35. The van der Waals surface area contributed by atoms with Crippen LogP contribution < -0.4 is 0 Å². The van der Waals surface area contributed by atoms with Gasteiger partial charge in [0, 0.05) is 31.8 Å². The van der Waals surface area contributed by atoms with E-state index in [1.807, 2.05) is 0 Å². The maximum atomic E-state index is 12.5. The molecule has 0 aromatic rings. The van der Waals surface area contributed by atoms with Gasteiger partial charge in [0.25, 0.3) is 0 Å². The van der Waals surface area contributed by atoms with Gasteiger partial charge < -0.3 is 10.0 Å². The molecule has 1 fully saturated rings. The quantitative estimate of drug-likeness (QED) is 0.736. The van der Waals surface area contributed by atoms with Crippen molar-refractivity contribution in [1.29, 1.82) is 0 Å². The summed E-state index contributed by atoms with van der Waals surface area (Å²) in [6.07, 6.45) is -0.201. The standard InChI is InChI=1S/C13H17NO6S2/c1-7(15)21-5-9(6-22-8(2)16)12(18)14-4-10(17)3-11(14)13(19)20/h9,11H,3-6H2,1-2H3,(H,19,20)/t11-/m0/s1. The first kappa shape index (κ1) is 18.7. The number of hydrogen-bond donors (Lipinski definition) is 1. The van der Waals surface area contributed by atoms with Crippen molar-refractivity contribution in [2.24, 2.45) is 5.92 Å². The van der Waals surface area contributed by atoms with E-state index in [0.29, 0.717) is 0 Å². The van der Waals surface area contributed by atoms with Crippen molar-refractivity contribution in [3.8, 4) is 0 Å². The highest BCUT2D eigenvalue weighted by molar-refractivity contribution is 8.14. The third-order valence-electron chi connectivity index (χ3n) is 3.04. The van der Waals surface area contributed by atoms with Crippen LogP contribution in [0.2, 0.25) is 0 Å². The molecule has 9 heteroatoms. The second-order valence-corrected chi connectivity index (χ2v) is 7.26. The number of likely N-dealkylation sites (tertiary alicyclic amines) is 1. The zero-order chi connectivity index (χ0) is 16.9. The van der Waals surface area contributed by atoms with Gasteiger partial charge in [-0.25, -0.2) is 4.79 Å². The summed E-state index contributed by atoms with van der Waals surface area (Å²) >= 11 is 1.89. The number of thioether (sulfide) groups is 2. The monoisotopic (exact) mass is 347 g/mol. The maximum absolute atomic E-state index is 12.5. The number of Topliss-reactive ketones (excluding diaryl/α,β-unsaturated/α-hetero) is 1. The van der Waals surface area contributed by atoms with Crippen LogP contribution in [0.25, 0.3) is 0 Å². The predicted molar refractivity (Wildman–Crippen MR) is 82.5 cm³/mol. The topological polar surface area (TPSA) is 109 Å². The van der Waals surface area contributed by atoms with Crippen LogP contribution in [0.1, 0.15) is 20.3 Å². The van der Waals surface area contributed by atoms with E-state index in [4.69, 9.17) is 5.11 Å². The van der Waals surface area contributed by atoms with Gasteiger partial charge in [0.1, 0.15) is 6.04 Å². The van der Waals surface area contributed by atoms with Gasteiger partial charge in [-0.3, -0.25) is 19.2 Å². The van der Waals surface area contributed by atoms with Crippen molar-refractivity contribution < 1.29 is 29.1 Å². The number of hydrogen-bond acceptors (Lipinski definition) is 7. The molecule has 1 N–H and O–H groups in total. The van der Waals surface area contributed by atoms with Gasteiger partial charge in [-0.2, -0.15) is 0 Å². The lowest BCUT2D eigenvalue weighted by Gasteiger charge is -2.25. The Morgan fingerprint density at radius 3 is 2.09 bits per heavy atom. The van der Waals surface area contributed by atoms with E-state index < -0.39 is 23.8 Å². The smallest absolute Gasteiger partial charge is 0.326 e. The van der Waals surface area contributed by atoms with Crippen LogP contribution in [0.4, 0.5) is 0 Å². The molecule has 0 bridgehead atoms. The fourth-order valence-corrected chi connectivity index (χ4v) is 3.55. The minimum atomic E-state index is -1.23. The first-order chi connectivity index (χ1) is 10.2. The average molecular weight is 347 g/mol. The van der Waals surface area contributed by atoms with Gasteiger partial charge in [-0.1, -0.05) is 23.5 Å². The SMILES string of the molecule is CC(=O)SCC(CSC(C)=O)C(=O)N1CC(=O)C[C@H]1C(=O)O. The molecular weight excluding hydrogens is 330 g/mol. The number of nitrogens with zero attached hydrogens (tertiary/aromatic N) is 1. The Kier molecular flexibility index (Phi) is 7.08. The van der Waals surface area contributed by atoms with Crippen LogP contribution in [0, 0.1) is 5.92 Å². The van der Waals surface area contributed by atoms with Crippen molar-refractivity contribution in [3.63, 3.8) is 0 Å². The van der Waals surface area contributed by atoms with E-state index in [0.717, 1.165) is 28.4 Å². The van der Waals surface area contributed by atoms with Gasteiger partial charge in [0.2, 0.25) is 5.91 Å². The summed E-state index contributed by atoms with van der Waals surface area (Å²) in [6.45, 7) is 2.50. The summed E-state index contributed by atoms with van der Waals surface area (Å²) in [4.78, 5) is 58.3. The summed E-state index contributed by atoms with van der Waals surface area (Å²) in [7, 11) is 0.